The lowest BCUT2D eigenvalue weighted by atomic mass is 9.81. The van der Waals surface area contributed by atoms with Crippen molar-refractivity contribution in [2.24, 2.45) is 0 Å². The van der Waals surface area contributed by atoms with Gasteiger partial charge in [0, 0.05) is 17.6 Å². The Kier molecular flexibility index (Phi) is 7.51. The van der Waals surface area contributed by atoms with Crippen molar-refractivity contribution in [3.05, 3.63) is 207 Å². The fraction of sp³-hybridized carbons (Fsp3) is 0. The number of fused-ring (bicyclic) bond motifs is 7. The number of pyridine rings is 1. The highest BCUT2D eigenvalue weighted by Gasteiger charge is 2.23. The van der Waals surface area contributed by atoms with Crippen LogP contribution in [0.3, 0.4) is 0 Å². The number of benzene rings is 9. The van der Waals surface area contributed by atoms with Gasteiger partial charge in [0.05, 0.1) is 11.9 Å². The van der Waals surface area contributed by atoms with Gasteiger partial charge in [-0.3, -0.25) is 4.98 Å². The first-order chi connectivity index (χ1) is 26.3. The van der Waals surface area contributed by atoms with Crippen LogP contribution in [-0.4, -0.2) is 4.98 Å². The van der Waals surface area contributed by atoms with Crippen LogP contribution in [0.25, 0.3) is 76.5 Å². The molecule has 1 aromatic heterocycles. The van der Waals surface area contributed by atoms with Gasteiger partial charge in [-0.1, -0.05) is 152 Å². The molecule has 0 atom stereocenters. The average Bonchev–Trinajstić information content (AvgIpc) is 3.24. The topological polar surface area (TPSA) is 16.1 Å². The van der Waals surface area contributed by atoms with E-state index in [0.717, 1.165) is 17.1 Å². The van der Waals surface area contributed by atoms with Crippen LogP contribution >= 0.6 is 0 Å². The molecule has 1 heterocycles. The van der Waals surface area contributed by atoms with Crippen molar-refractivity contribution in [3.63, 3.8) is 0 Å². The highest BCUT2D eigenvalue weighted by Crippen LogP contribution is 2.50. The maximum Gasteiger partial charge on any atom is 0.0644 e. The molecule has 0 N–H and O–H groups in total. The van der Waals surface area contributed by atoms with Crippen molar-refractivity contribution < 1.29 is 0 Å². The number of aromatic nitrogens is 1. The Labute approximate surface area is 308 Å². The molecule has 0 radical (unpaired) electrons. The molecular weight excluding hydrogens is 641 g/mol. The first-order valence-electron chi connectivity index (χ1n) is 18.1. The van der Waals surface area contributed by atoms with E-state index in [9.17, 15) is 0 Å². The molecule has 0 fully saturated rings. The van der Waals surface area contributed by atoms with Crippen molar-refractivity contribution in [2.45, 2.75) is 0 Å². The van der Waals surface area contributed by atoms with E-state index in [1.165, 1.54) is 76.5 Å². The molecule has 0 saturated carbocycles. The van der Waals surface area contributed by atoms with E-state index in [-0.39, 0.29) is 0 Å². The third kappa shape index (κ3) is 5.32. The van der Waals surface area contributed by atoms with E-state index in [1.807, 2.05) is 18.5 Å². The lowest BCUT2D eigenvalue weighted by molar-refractivity contribution is 1.23. The highest BCUT2D eigenvalue weighted by atomic mass is 15.1. The van der Waals surface area contributed by atoms with Crippen LogP contribution in [0.4, 0.5) is 17.1 Å². The minimum Gasteiger partial charge on any atom is -0.309 e. The van der Waals surface area contributed by atoms with E-state index in [0.29, 0.717) is 0 Å². The van der Waals surface area contributed by atoms with E-state index >= 15 is 0 Å². The van der Waals surface area contributed by atoms with E-state index in [2.05, 4.69) is 198 Å². The molecule has 9 aromatic carbocycles. The predicted molar refractivity (Wildman–Crippen MR) is 225 cm³/mol. The van der Waals surface area contributed by atoms with Gasteiger partial charge in [-0.05, 0) is 119 Å². The van der Waals surface area contributed by atoms with Gasteiger partial charge < -0.3 is 4.90 Å². The normalized spacial score (nSPS) is 11.4. The minimum absolute atomic E-state index is 1.01. The number of hydrogen-bond acceptors (Lipinski definition) is 2. The van der Waals surface area contributed by atoms with Crippen molar-refractivity contribution in [1.82, 2.24) is 4.98 Å². The van der Waals surface area contributed by atoms with Gasteiger partial charge >= 0.3 is 0 Å². The number of anilines is 3. The molecule has 0 unspecified atom stereocenters. The molecule has 0 aliphatic rings. The van der Waals surface area contributed by atoms with Crippen LogP contribution in [0.2, 0.25) is 0 Å². The van der Waals surface area contributed by atoms with Gasteiger partial charge in [0.25, 0.3) is 0 Å². The first-order valence-corrected chi connectivity index (χ1v) is 18.1. The van der Waals surface area contributed by atoms with E-state index in [1.54, 1.807) is 0 Å². The fourth-order valence-electron chi connectivity index (χ4n) is 8.12. The molecule has 10 aromatic rings. The van der Waals surface area contributed by atoms with Crippen molar-refractivity contribution in [2.75, 3.05) is 4.90 Å². The van der Waals surface area contributed by atoms with Crippen LogP contribution in [0, 0.1) is 0 Å². The molecule has 0 spiro atoms. The summed E-state index contributed by atoms with van der Waals surface area (Å²) in [5.74, 6) is 0. The van der Waals surface area contributed by atoms with Gasteiger partial charge in [0.2, 0.25) is 0 Å². The second kappa shape index (κ2) is 12.9. The molecule has 2 heteroatoms. The molecule has 248 valence electrons. The van der Waals surface area contributed by atoms with E-state index in [4.69, 9.17) is 0 Å². The van der Waals surface area contributed by atoms with E-state index < -0.39 is 0 Å². The zero-order chi connectivity index (χ0) is 35.1. The molecule has 10 rings (SSSR count). The second-order valence-electron chi connectivity index (χ2n) is 13.5. The summed E-state index contributed by atoms with van der Waals surface area (Å²) in [5.41, 5.74) is 10.5. The Morgan fingerprint density at radius 1 is 0.340 bits per heavy atom. The molecule has 2 nitrogen and oxygen atoms in total. The van der Waals surface area contributed by atoms with Gasteiger partial charge in [-0.25, -0.2) is 0 Å². The molecular formula is C51H34N2. The molecule has 0 saturated heterocycles. The maximum absolute atomic E-state index is 4.55. The Morgan fingerprint density at radius 2 is 0.925 bits per heavy atom. The largest absolute Gasteiger partial charge is 0.309 e. The Morgan fingerprint density at radius 3 is 1.64 bits per heavy atom. The maximum atomic E-state index is 4.55. The van der Waals surface area contributed by atoms with Crippen molar-refractivity contribution in [1.29, 1.82) is 0 Å². The summed E-state index contributed by atoms with van der Waals surface area (Å²) in [6.45, 7) is 0. The standard InChI is InChI=1S/C51H34N2/c1-4-16-36(17-5-1)46-33-47(37-18-6-2-7-19-37)50-44-25-13-12-24-43(44)48-32-41(28-29-45(48)51(50)49(46)38-20-8-3-9-21-38)53(42-23-14-30-52-34-42)40-27-26-35-15-10-11-22-39(35)31-40/h1-34H. The van der Waals surface area contributed by atoms with Gasteiger partial charge in [-0.2, -0.15) is 0 Å². The van der Waals surface area contributed by atoms with Crippen LogP contribution in [0.1, 0.15) is 0 Å². The number of rotatable bonds is 6. The zero-order valence-electron chi connectivity index (χ0n) is 29.0. The Bertz CT molecular complexity index is 2920. The number of hydrogen-bond donors (Lipinski definition) is 0. The third-order valence-corrected chi connectivity index (χ3v) is 10.5. The number of nitrogens with zero attached hydrogens (tertiary/aromatic N) is 2. The summed E-state index contributed by atoms with van der Waals surface area (Å²) in [5, 5.41) is 9.84. The van der Waals surface area contributed by atoms with Gasteiger partial charge in [-0.15, -0.1) is 0 Å². The molecule has 0 aliphatic carbocycles. The molecule has 0 bridgehead atoms. The van der Waals surface area contributed by atoms with Gasteiger partial charge in [0.1, 0.15) is 0 Å². The summed E-state index contributed by atoms with van der Waals surface area (Å²) in [6, 6.07) is 70.4. The Hall–Kier alpha value is -7.03. The van der Waals surface area contributed by atoms with Crippen LogP contribution < -0.4 is 4.90 Å². The second-order valence-corrected chi connectivity index (χ2v) is 13.5. The highest BCUT2D eigenvalue weighted by molar-refractivity contribution is 6.33. The molecule has 0 amide bonds. The van der Waals surface area contributed by atoms with Crippen molar-refractivity contribution >= 4 is 60.2 Å². The van der Waals surface area contributed by atoms with Crippen molar-refractivity contribution in [3.8, 4) is 33.4 Å². The third-order valence-electron chi connectivity index (χ3n) is 10.5. The zero-order valence-corrected chi connectivity index (χ0v) is 29.0. The fourth-order valence-corrected chi connectivity index (χ4v) is 8.12. The molecule has 0 aliphatic heterocycles. The average molecular weight is 675 g/mol. The smallest absolute Gasteiger partial charge is 0.0644 e. The monoisotopic (exact) mass is 674 g/mol. The van der Waals surface area contributed by atoms with Crippen LogP contribution in [-0.2, 0) is 0 Å². The summed E-state index contributed by atoms with van der Waals surface area (Å²) in [6.07, 6.45) is 3.78. The summed E-state index contributed by atoms with van der Waals surface area (Å²) in [4.78, 5) is 6.88. The first kappa shape index (κ1) is 30.8. The summed E-state index contributed by atoms with van der Waals surface area (Å²) < 4.78 is 0. The minimum atomic E-state index is 1.01. The lowest BCUT2D eigenvalue weighted by Gasteiger charge is -2.27. The quantitative estimate of drug-likeness (QED) is 0.163. The summed E-state index contributed by atoms with van der Waals surface area (Å²) in [7, 11) is 0. The predicted octanol–water partition coefficient (Wildman–Crippen LogP) is 14.2. The SMILES string of the molecule is c1ccc(-c2cc(-c3ccccc3)c3c4ccccc4c4cc(N(c5cccnc5)c5ccc6ccccc6c5)ccc4c3c2-c2ccccc2)cc1. The Balaban J connectivity index is 1.35. The molecule has 53 heavy (non-hydrogen) atoms. The van der Waals surface area contributed by atoms with Gasteiger partial charge in [0.15, 0.2) is 0 Å². The summed E-state index contributed by atoms with van der Waals surface area (Å²) >= 11 is 0. The lowest BCUT2D eigenvalue weighted by Crippen LogP contribution is -2.10. The van der Waals surface area contributed by atoms with Crippen LogP contribution in [0.5, 0.6) is 0 Å². The van der Waals surface area contributed by atoms with Crippen LogP contribution in [0.15, 0.2) is 207 Å².